The molecule has 1 N–H and O–H groups in total. The highest BCUT2D eigenvalue weighted by molar-refractivity contribution is 7.07. The molecule has 0 unspecified atom stereocenters. The average molecular weight is 261 g/mol. The lowest BCUT2D eigenvalue weighted by Crippen LogP contribution is -2.20. The maximum atomic E-state index is 4.24. The first-order chi connectivity index (χ1) is 8.81. The van der Waals surface area contributed by atoms with Gasteiger partial charge in [-0.2, -0.15) is 11.3 Å². The van der Waals surface area contributed by atoms with Crippen LogP contribution in [0.2, 0.25) is 0 Å². The van der Waals surface area contributed by atoms with Crippen molar-refractivity contribution in [2.24, 2.45) is 0 Å². The molecule has 0 spiro atoms. The van der Waals surface area contributed by atoms with E-state index in [1.807, 2.05) is 12.4 Å². The molecule has 0 radical (unpaired) electrons. The molecular formula is C14H19N3S. The fourth-order valence-corrected chi connectivity index (χ4v) is 2.57. The van der Waals surface area contributed by atoms with E-state index in [9.17, 15) is 0 Å². The fraction of sp³-hybridized carbons (Fsp3) is 0.357. The summed E-state index contributed by atoms with van der Waals surface area (Å²) in [5, 5.41) is 7.67. The summed E-state index contributed by atoms with van der Waals surface area (Å²) in [7, 11) is 2.12. The summed E-state index contributed by atoms with van der Waals surface area (Å²) >= 11 is 1.74. The van der Waals surface area contributed by atoms with Crippen LogP contribution < -0.4 is 10.2 Å². The maximum absolute atomic E-state index is 4.24. The first-order valence-corrected chi connectivity index (χ1v) is 7.11. The van der Waals surface area contributed by atoms with Crippen LogP contribution in [0.1, 0.15) is 18.1 Å². The number of rotatable bonds is 6. The predicted molar refractivity (Wildman–Crippen MR) is 78.0 cm³/mol. The second-order valence-electron chi connectivity index (χ2n) is 4.27. The topological polar surface area (TPSA) is 28.2 Å². The number of hydrogen-bond donors (Lipinski definition) is 1. The summed E-state index contributed by atoms with van der Waals surface area (Å²) in [6.07, 6.45) is 3.80. The molecule has 0 amide bonds. The van der Waals surface area contributed by atoms with Crippen LogP contribution >= 0.6 is 11.3 Å². The molecular weight excluding hydrogens is 242 g/mol. The van der Waals surface area contributed by atoms with E-state index >= 15 is 0 Å². The van der Waals surface area contributed by atoms with Crippen LogP contribution in [0, 0.1) is 0 Å². The molecule has 18 heavy (non-hydrogen) atoms. The Morgan fingerprint density at radius 3 is 3.00 bits per heavy atom. The van der Waals surface area contributed by atoms with E-state index in [2.05, 4.69) is 52.1 Å². The van der Waals surface area contributed by atoms with Crippen LogP contribution in [-0.4, -0.2) is 18.6 Å². The van der Waals surface area contributed by atoms with Crippen LogP contribution in [0.25, 0.3) is 0 Å². The standard InChI is InChI=1S/C14H19N3S/c1-3-15-8-13-4-6-16-9-14(13)17(2)10-12-5-7-18-11-12/h4-7,9,11,15H,3,8,10H2,1-2H3. The van der Waals surface area contributed by atoms with Crippen molar-refractivity contribution in [3.05, 3.63) is 46.4 Å². The van der Waals surface area contributed by atoms with Gasteiger partial charge in [-0.25, -0.2) is 0 Å². The van der Waals surface area contributed by atoms with Crippen molar-refractivity contribution in [3.63, 3.8) is 0 Å². The molecule has 0 saturated carbocycles. The third-order valence-electron chi connectivity index (χ3n) is 2.86. The molecule has 2 heterocycles. The summed E-state index contributed by atoms with van der Waals surface area (Å²) in [5.74, 6) is 0. The second kappa shape index (κ2) is 6.52. The monoisotopic (exact) mass is 261 g/mol. The number of anilines is 1. The molecule has 0 aromatic carbocycles. The molecule has 96 valence electrons. The zero-order chi connectivity index (χ0) is 12.8. The normalized spacial score (nSPS) is 10.6. The van der Waals surface area contributed by atoms with Crippen molar-refractivity contribution >= 4 is 17.0 Å². The predicted octanol–water partition coefficient (Wildman–Crippen LogP) is 2.89. The Morgan fingerprint density at radius 1 is 1.39 bits per heavy atom. The van der Waals surface area contributed by atoms with E-state index in [0.29, 0.717) is 0 Å². The minimum Gasteiger partial charge on any atom is -0.369 e. The Labute approximate surface area is 112 Å². The third kappa shape index (κ3) is 3.31. The summed E-state index contributed by atoms with van der Waals surface area (Å²) in [6, 6.07) is 4.25. The van der Waals surface area contributed by atoms with Gasteiger partial charge in [0.1, 0.15) is 0 Å². The Balaban J connectivity index is 2.11. The molecule has 2 rings (SSSR count). The third-order valence-corrected chi connectivity index (χ3v) is 3.60. The summed E-state index contributed by atoms with van der Waals surface area (Å²) in [5.41, 5.74) is 3.84. The van der Waals surface area contributed by atoms with E-state index in [0.717, 1.165) is 19.6 Å². The molecule has 3 nitrogen and oxygen atoms in total. The number of hydrogen-bond acceptors (Lipinski definition) is 4. The molecule has 2 aromatic rings. The minimum atomic E-state index is 0.891. The first-order valence-electron chi connectivity index (χ1n) is 6.17. The zero-order valence-corrected chi connectivity index (χ0v) is 11.7. The molecule has 0 saturated heterocycles. The van der Waals surface area contributed by atoms with Gasteiger partial charge in [0, 0.05) is 26.3 Å². The van der Waals surface area contributed by atoms with Gasteiger partial charge in [0.05, 0.1) is 11.9 Å². The van der Waals surface area contributed by atoms with E-state index in [1.54, 1.807) is 11.3 Å². The van der Waals surface area contributed by atoms with Crippen molar-refractivity contribution < 1.29 is 0 Å². The van der Waals surface area contributed by atoms with Gasteiger partial charge in [0.15, 0.2) is 0 Å². The van der Waals surface area contributed by atoms with E-state index < -0.39 is 0 Å². The molecule has 0 bridgehead atoms. The van der Waals surface area contributed by atoms with Crippen LogP contribution in [0.15, 0.2) is 35.3 Å². The molecule has 0 aliphatic heterocycles. The first kappa shape index (κ1) is 13.1. The van der Waals surface area contributed by atoms with Crippen molar-refractivity contribution in [2.45, 2.75) is 20.0 Å². The largest absolute Gasteiger partial charge is 0.369 e. The van der Waals surface area contributed by atoms with Gasteiger partial charge in [-0.3, -0.25) is 4.98 Å². The smallest absolute Gasteiger partial charge is 0.0598 e. The van der Waals surface area contributed by atoms with E-state index in [-0.39, 0.29) is 0 Å². The van der Waals surface area contributed by atoms with Crippen LogP contribution in [0.4, 0.5) is 5.69 Å². The van der Waals surface area contributed by atoms with Crippen molar-refractivity contribution in [3.8, 4) is 0 Å². The molecule has 0 aliphatic carbocycles. The number of thiophene rings is 1. The maximum Gasteiger partial charge on any atom is 0.0598 e. The minimum absolute atomic E-state index is 0.891. The Kier molecular flexibility index (Phi) is 4.73. The Bertz CT molecular complexity index is 468. The van der Waals surface area contributed by atoms with Gasteiger partial charge in [0.2, 0.25) is 0 Å². The van der Waals surface area contributed by atoms with Gasteiger partial charge in [0.25, 0.3) is 0 Å². The van der Waals surface area contributed by atoms with Gasteiger partial charge in [-0.1, -0.05) is 6.92 Å². The SMILES string of the molecule is CCNCc1ccncc1N(C)Cc1ccsc1. The van der Waals surface area contributed by atoms with E-state index in [1.165, 1.54) is 16.8 Å². The van der Waals surface area contributed by atoms with Gasteiger partial charge in [-0.15, -0.1) is 0 Å². The molecule has 0 atom stereocenters. The highest BCUT2D eigenvalue weighted by Gasteiger charge is 2.07. The highest BCUT2D eigenvalue weighted by atomic mass is 32.1. The Morgan fingerprint density at radius 2 is 2.28 bits per heavy atom. The second-order valence-corrected chi connectivity index (χ2v) is 5.05. The van der Waals surface area contributed by atoms with Crippen molar-refractivity contribution in [1.82, 2.24) is 10.3 Å². The zero-order valence-electron chi connectivity index (χ0n) is 10.9. The molecule has 0 fully saturated rings. The summed E-state index contributed by atoms with van der Waals surface area (Å²) in [4.78, 5) is 6.49. The van der Waals surface area contributed by atoms with E-state index in [4.69, 9.17) is 0 Å². The quantitative estimate of drug-likeness (QED) is 0.866. The number of pyridine rings is 1. The summed E-state index contributed by atoms with van der Waals surface area (Å²) < 4.78 is 0. The average Bonchev–Trinajstić information content (AvgIpc) is 2.89. The van der Waals surface area contributed by atoms with Crippen molar-refractivity contribution in [1.29, 1.82) is 0 Å². The van der Waals surface area contributed by atoms with Crippen LogP contribution in [-0.2, 0) is 13.1 Å². The lowest BCUT2D eigenvalue weighted by molar-refractivity contribution is 0.722. The number of nitrogens with zero attached hydrogens (tertiary/aromatic N) is 2. The van der Waals surface area contributed by atoms with Crippen LogP contribution in [0.3, 0.4) is 0 Å². The Hall–Kier alpha value is -1.39. The van der Waals surface area contributed by atoms with Crippen molar-refractivity contribution in [2.75, 3.05) is 18.5 Å². The van der Waals surface area contributed by atoms with Crippen LogP contribution in [0.5, 0.6) is 0 Å². The summed E-state index contributed by atoms with van der Waals surface area (Å²) in [6.45, 7) is 4.92. The highest BCUT2D eigenvalue weighted by Crippen LogP contribution is 2.20. The molecule has 0 aliphatic rings. The molecule has 2 aromatic heterocycles. The molecule has 4 heteroatoms. The van der Waals surface area contributed by atoms with Gasteiger partial charge >= 0.3 is 0 Å². The lowest BCUT2D eigenvalue weighted by atomic mass is 10.2. The number of aromatic nitrogens is 1. The van der Waals surface area contributed by atoms with Gasteiger partial charge in [-0.05, 0) is 40.6 Å². The fourth-order valence-electron chi connectivity index (χ4n) is 1.91. The lowest BCUT2D eigenvalue weighted by Gasteiger charge is -2.21. The number of nitrogens with one attached hydrogen (secondary N) is 1. The van der Waals surface area contributed by atoms with Gasteiger partial charge < -0.3 is 10.2 Å².